The molecule has 2 amide bonds. The van der Waals surface area contributed by atoms with E-state index in [4.69, 9.17) is 0 Å². The molecule has 0 radical (unpaired) electrons. The molecule has 0 fully saturated rings. The topological polar surface area (TPSA) is 84.0 Å². The molecule has 1 aliphatic carbocycles. The van der Waals surface area contributed by atoms with Gasteiger partial charge in [0.25, 0.3) is 0 Å². The second kappa shape index (κ2) is 8.73. The van der Waals surface area contributed by atoms with E-state index in [1.807, 2.05) is 13.8 Å². The van der Waals surface area contributed by atoms with E-state index >= 15 is 0 Å². The van der Waals surface area contributed by atoms with Crippen LogP contribution < -0.4 is 10.6 Å². The molecular weight excluding hydrogens is 416 g/mol. The van der Waals surface area contributed by atoms with Crippen molar-refractivity contribution in [3.63, 3.8) is 0 Å². The summed E-state index contributed by atoms with van der Waals surface area (Å²) in [5.74, 6) is 0.532. The normalized spacial score (nSPS) is 14.2. The number of benzene rings is 1. The summed E-state index contributed by atoms with van der Waals surface area (Å²) in [5.41, 5.74) is 2.77. The van der Waals surface area contributed by atoms with Crippen molar-refractivity contribution in [3.8, 4) is 0 Å². The molecule has 0 aliphatic heterocycles. The second-order valence-corrected chi connectivity index (χ2v) is 9.89. The van der Waals surface area contributed by atoms with Crippen LogP contribution in [0, 0.1) is 6.92 Å². The van der Waals surface area contributed by atoms with E-state index in [0.29, 0.717) is 11.4 Å². The number of fused-ring (bicyclic) bond motifs is 3. The quantitative estimate of drug-likeness (QED) is 0.433. The number of aryl methyl sites for hydroxylation is 3. The van der Waals surface area contributed by atoms with Crippen molar-refractivity contribution in [3.05, 3.63) is 40.5 Å². The number of anilines is 2. The van der Waals surface area contributed by atoms with Crippen LogP contribution in [-0.4, -0.2) is 27.0 Å². The van der Waals surface area contributed by atoms with Gasteiger partial charge in [-0.1, -0.05) is 11.8 Å². The van der Waals surface area contributed by atoms with Gasteiger partial charge in [0, 0.05) is 28.6 Å². The summed E-state index contributed by atoms with van der Waals surface area (Å²) in [6, 6.07) is 7.10. The molecule has 0 saturated heterocycles. The van der Waals surface area contributed by atoms with Crippen LogP contribution >= 0.6 is 23.1 Å². The van der Waals surface area contributed by atoms with Gasteiger partial charge in [-0.3, -0.25) is 9.59 Å². The summed E-state index contributed by atoms with van der Waals surface area (Å²) in [4.78, 5) is 35.7. The number of nitrogens with one attached hydrogen (secondary N) is 2. The Morgan fingerprint density at radius 2 is 1.73 bits per heavy atom. The fourth-order valence-electron chi connectivity index (χ4n) is 3.62. The molecule has 6 nitrogen and oxygen atoms in total. The molecule has 1 aliphatic rings. The Bertz CT molecular complexity index is 1110. The third kappa shape index (κ3) is 4.49. The fourth-order valence-corrected chi connectivity index (χ4v) is 6.01. The number of thioether (sulfide) groups is 1. The van der Waals surface area contributed by atoms with Crippen LogP contribution in [0.2, 0.25) is 0 Å². The van der Waals surface area contributed by atoms with Crippen molar-refractivity contribution < 1.29 is 9.59 Å². The van der Waals surface area contributed by atoms with Crippen molar-refractivity contribution in [2.24, 2.45) is 0 Å². The predicted octanol–water partition coefficient (Wildman–Crippen LogP) is 4.96. The van der Waals surface area contributed by atoms with Crippen molar-refractivity contribution >= 4 is 56.5 Å². The first kappa shape index (κ1) is 20.8. The van der Waals surface area contributed by atoms with E-state index in [1.165, 1.54) is 42.0 Å². The molecule has 1 atom stereocenters. The number of rotatable bonds is 5. The van der Waals surface area contributed by atoms with E-state index in [0.717, 1.165) is 33.9 Å². The molecule has 2 aromatic heterocycles. The summed E-state index contributed by atoms with van der Waals surface area (Å²) in [6.07, 6.45) is 4.61. The lowest BCUT2D eigenvalue weighted by atomic mass is 9.97. The number of nitrogens with zero attached hydrogens (tertiary/aromatic N) is 2. The molecule has 30 heavy (non-hydrogen) atoms. The summed E-state index contributed by atoms with van der Waals surface area (Å²) in [6.45, 7) is 5.27. The Hall–Kier alpha value is -2.45. The Labute approximate surface area is 183 Å². The smallest absolute Gasteiger partial charge is 0.237 e. The summed E-state index contributed by atoms with van der Waals surface area (Å²) in [7, 11) is 0. The zero-order chi connectivity index (χ0) is 21.3. The largest absolute Gasteiger partial charge is 0.326 e. The van der Waals surface area contributed by atoms with Gasteiger partial charge in [-0.15, -0.1) is 11.3 Å². The monoisotopic (exact) mass is 440 g/mol. The first-order valence-electron chi connectivity index (χ1n) is 10.0. The maximum absolute atomic E-state index is 12.8. The zero-order valence-electron chi connectivity index (χ0n) is 17.2. The minimum Gasteiger partial charge on any atom is -0.326 e. The zero-order valence-corrected chi connectivity index (χ0v) is 18.9. The Morgan fingerprint density at radius 3 is 2.43 bits per heavy atom. The molecule has 0 bridgehead atoms. The number of amides is 2. The highest BCUT2D eigenvalue weighted by Crippen LogP contribution is 2.40. The Balaban J connectivity index is 1.51. The van der Waals surface area contributed by atoms with Crippen LogP contribution in [0.1, 0.15) is 43.0 Å². The lowest BCUT2D eigenvalue weighted by molar-refractivity contribution is -0.115. The van der Waals surface area contributed by atoms with Gasteiger partial charge in [-0.05, 0) is 69.4 Å². The van der Waals surface area contributed by atoms with Crippen LogP contribution in [0.5, 0.6) is 0 Å². The van der Waals surface area contributed by atoms with Gasteiger partial charge in [0.15, 0.2) is 0 Å². The number of carbonyl (C=O) groups is 2. The first-order valence-corrected chi connectivity index (χ1v) is 11.7. The minimum atomic E-state index is -0.309. The van der Waals surface area contributed by atoms with E-state index < -0.39 is 0 Å². The third-order valence-electron chi connectivity index (χ3n) is 5.02. The van der Waals surface area contributed by atoms with Crippen LogP contribution in [-0.2, 0) is 22.4 Å². The Kier molecular flexibility index (Phi) is 6.06. The average molecular weight is 441 g/mol. The molecule has 3 aromatic rings. The van der Waals surface area contributed by atoms with Crippen LogP contribution in [0.3, 0.4) is 0 Å². The summed E-state index contributed by atoms with van der Waals surface area (Å²) < 4.78 is 0. The number of aromatic nitrogens is 2. The molecule has 156 valence electrons. The van der Waals surface area contributed by atoms with Crippen molar-refractivity contribution in [2.75, 3.05) is 10.6 Å². The van der Waals surface area contributed by atoms with Gasteiger partial charge < -0.3 is 10.6 Å². The maximum atomic E-state index is 12.8. The highest BCUT2D eigenvalue weighted by atomic mass is 32.2. The van der Waals surface area contributed by atoms with E-state index in [9.17, 15) is 9.59 Å². The van der Waals surface area contributed by atoms with Gasteiger partial charge in [-0.25, -0.2) is 9.97 Å². The third-order valence-corrected chi connectivity index (χ3v) is 7.30. The first-order chi connectivity index (χ1) is 14.4. The molecule has 4 rings (SSSR count). The van der Waals surface area contributed by atoms with Crippen molar-refractivity contribution in [1.82, 2.24) is 9.97 Å². The number of carbonyl (C=O) groups excluding carboxylic acids is 2. The highest BCUT2D eigenvalue weighted by molar-refractivity contribution is 8.00. The van der Waals surface area contributed by atoms with Gasteiger partial charge in [0.2, 0.25) is 11.8 Å². The average Bonchev–Trinajstić information content (AvgIpc) is 3.07. The molecular formula is C22H24N4O2S2. The summed E-state index contributed by atoms with van der Waals surface area (Å²) >= 11 is 3.27. The minimum absolute atomic E-state index is 0.0826. The van der Waals surface area contributed by atoms with Gasteiger partial charge in [-0.2, -0.15) is 0 Å². The molecule has 8 heteroatoms. The van der Waals surface area contributed by atoms with E-state index in [2.05, 4.69) is 20.6 Å². The molecule has 0 saturated carbocycles. The molecule has 2 N–H and O–H groups in total. The lowest BCUT2D eigenvalue weighted by Gasteiger charge is -2.15. The standard InChI is InChI=1S/C22H24N4O2S2/c1-12(20(28)26-16-10-8-15(9-11-16)25-14(3)27)29-21-19-17-6-4-5-7-18(17)30-22(19)24-13(2)23-21/h8-12H,4-7H2,1-3H3,(H,25,27)(H,26,28)/t12-/m1/s1. The lowest BCUT2D eigenvalue weighted by Crippen LogP contribution is -2.22. The highest BCUT2D eigenvalue weighted by Gasteiger charge is 2.23. The Morgan fingerprint density at radius 1 is 1.07 bits per heavy atom. The second-order valence-electron chi connectivity index (χ2n) is 7.47. The molecule has 0 unspecified atom stereocenters. The predicted molar refractivity (Wildman–Crippen MR) is 123 cm³/mol. The van der Waals surface area contributed by atoms with Gasteiger partial charge in [0.1, 0.15) is 15.7 Å². The maximum Gasteiger partial charge on any atom is 0.237 e. The van der Waals surface area contributed by atoms with Gasteiger partial charge in [0.05, 0.1) is 5.25 Å². The molecule has 1 aromatic carbocycles. The fraction of sp³-hybridized carbons (Fsp3) is 0.364. The summed E-state index contributed by atoms with van der Waals surface area (Å²) in [5, 5.41) is 7.40. The van der Waals surface area contributed by atoms with Crippen LogP contribution in [0.25, 0.3) is 10.2 Å². The molecule has 2 heterocycles. The van der Waals surface area contributed by atoms with Crippen LogP contribution in [0.15, 0.2) is 29.3 Å². The van der Waals surface area contributed by atoms with Crippen molar-refractivity contribution in [2.45, 2.75) is 56.7 Å². The number of hydrogen-bond donors (Lipinski definition) is 2. The van der Waals surface area contributed by atoms with E-state index in [-0.39, 0.29) is 17.1 Å². The van der Waals surface area contributed by atoms with Crippen molar-refractivity contribution in [1.29, 1.82) is 0 Å². The SMILES string of the molecule is CC(=O)Nc1ccc(NC(=O)[C@@H](C)Sc2nc(C)nc3sc4c(c23)CCCC4)cc1. The number of hydrogen-bond acceptors (Lipinski definition) is 6. The number of thiophene rings is 1. The van der Waals surface area contributed by atoms with Crippen LogP contribution in [0.4, 0.5) is 11.4 Å². The van der Waals surface area contributed by atoms with Gasteiger partial charge >= 0.3 is 0 Å². The van der Waals surface area contributed by atoms with E-state index in [1.54, 1.807) is 35.6 Å². The molecule has 0 spiro atoms.